The fourth-order valence-corrected chi connectivity index (χ4v) is 1.47. The molecule has 1 rings (SSSR count). The first-order valence-corrected chi connectivity index (χ1v) is 6.26. The third-order valence-electron chi connectivity index (χ3n) is 2.56. The Labute approximate surface area is 110 Å². The van der Waals surface area contributed by atoms with Gasteiger partial charge in [-0.1, -0.05) is 51.1 Å². The third-order valence-corrected chi connectivity index (χ3v) is 2.56. The van der Waals surface area contributed by atoms with E-state index in [1.54, 1.807) is 5.01 Å². The van der Waals surface area contributed by atoms with E-state index in [-0.39, 0.29) is 11.5 Å². The zero-order valence-corrected chi connectivity index (χ0v) is 12.1. The van der Waals surface area contributed by atoms with Crippen molar-refractivity contribution in [3.8, 4) is 0 Å². The summed E-state index contributed by atoms with van der Waals surface area (Å²) < 4.78 is 5.97. The molecular weight excluding hydrogens is 224 g/mol. The van der Waals surface area contributed by atoms with E-state index in [1.165, 1.54) is 5.56 Å². The Bertz CT molecular complexity index is 366. The maximum Gasteiger partial charge on any atom is 0.0996 e. The van der Waals surface area contributed by atoms with Crippen molar-refractivity contribution in [3.05, 3.63) is 35.9 Å². The quantitative estimate of drug-likeness (QED) is 0.590. The van der Waals surface area contributed by atoms with Crippen molar-refractivity contribution in [2.24, 2.45) is 10.5 Å². The summed E-state index contributed by atoms with van der Waals surface area (Å²) in [6.45, 7) is 7.08. The first kappa shape index (κ1) is 14.7. The highest BCUT2D eigenvalue weighted by atomic mass is 16.5. The number of hydrogen-bond acceptors (Lipinski definition) is 3. The van der Waals surface area contributed by atoms with Crippen molar-refractivity contribution < 1.29 is 4.74 Å². The Morgan fingerprint density at radius 1 is 1.22 bits per heavy atom. The molecule has 0 bridgehead atoms. The van der Waals surface area contributed by atoms with E-state index in [9.17, 15) is 0 Å². The standard InChI is InChI=1S/C15H24N2O/c1-15(2,3)14(11-16-17(4)5)18-12-13-9-7-6-8-10-13/h6-11,14H,12H2,1-5H3. The average molecular weight is 248 g/mol. The molecule has 0 saturated heterocycles. The Morgan fingerprint density at radius 2 is 1.83 bits per heavy atom. The van der Waals surface area contributed by atoms with Crippen molar-refractivity contribution in [2.75, 3.05) is 14.1 Å². The summed E-state index contributed by atoms with van der Waals surface area (Å²) in [7, 11) is 3.82. The normalized spacial score (nSPS) is 13.8. The summed E-state index contributed by atoms with van der Waals surface area (Å²) in [6, 6.07) is 10.2. The largest absolute Gasteiger partial charge is 0.367 e. The summed E-state index contributed by atoms with van der Waals surface area (Å²) in [4.78, 5) is 0. The molecule has 0 radical (unpaired) electrons. The van der Waals surface area contributed by atoms with Crippen LogP contribution >= 0.6 is 0 Å². The molecular formula is C15H24N2O. The van der Waals surface area contributed by atoms with Gasteiger partial charge < -0.3 is 9.75 Å². The van der Waals surface area contributed by atoms with Gasteiger partial charge in [-0.2, -0.15) is 5.10 Å². The van der Waals surface area contributed by atoms with Crippen LogP contribution in [0.1, 0.15) is 26.3 Å². The SMILES string of the molecule is CN(C)N=CC(OCc1ccccc1)C(C)(C)C. The van der Waals surface area contributed by atoms with Crippen molar-refractivity contribution in [3.63, 3.8) is 0 Å². The van der Waals surface area contributed by atoms with Crippen molar-refractivity contribution in [1.82, 2.24) is 5.01 Å². The lowest BCUT2D eigenvalue weighted by Crippen LogP contribution is -2.31. The lowest BCUT2D eigenvalue weighted by molar-refractivity contribution is 0.0197. The van der Waals surface area contributed by atoms with Crippen molar-refractivity contribution in [2.45, 2.75) is 33.5 Å². The molecule has 3 heteroatoms. The van der Waals surface area contributed by atoms with E-state index in [0.717, 1.165) is 0 Å². The van der Waals surface area contributed by atoms with E-state index in [0.29, 0.717) is 6.61 Å². The van der Waals surface area contributed by atoms with Gasteiger partial charge in [0.25, 0.3) is 0 Å². The molecule has 0 heterocycles. The van der Waals surface area contributed by atoms with E-state index in [2.05, 4.69) is 38.0 Å². The Kier molecular flexibility index (Phi) is 5.35. The van der Waals surface area contributed by atoms with E-state index >= 15 is 0 Å². The van der Waals surface area contributed by atoms with Gasteiger partial charge in [-0.3, -0.25) is 0 Å². The maximum atomic E-state index is 5.97. The van der Waals surface area contributed by atoms with E-state index in [4.69, 9.17) is 4.74 Å². The molecule has 1 aromatic carbocycles. The topological polar surface area (TPSA) is 24.8 Å². The number of benzene rings is 1. The monoisotopic (exact) mass is 248 g/mol. The summed E-state index contributed by atoms with van der Waals surface area (Å²) >= 11 is 0. The fourth-order valence-electron chi connectivity index (χ4n) is 1.47. The number of rotatable bonds is 5. The summed E-state index contributed by atoms with van der Waals surface area (Å²) in [5, 5.41) is 6.07. The molecule has 1 aromatic rings. The first-order valence-electron chi connectivity index (χ1n) is 6.26. The molecule has 0 aromatic heterocycles. The third kappa shape index (κ3) is 5.32. The van der Waals surface area contributed by atoms with Gasteiger partial charge >= 0.3 is 0 Å². The van der Waals surface area contributed by atoms with Gasteiger partial charge in [-0.15, -0.1) is 0 Å². The molecule has 1 unspecified atom stereocenters. The predicted octanol–water partition coefficient (Wildman–Crippen LogP) is 3.17. The molecule has 3 nitrogen and oxygen atoms in total. The van der Waals surface area contributed by atoms with Gasteiger partial charge in [0.05, 0.1) is 18.9 Å². The molecule has 0 spiro atoms. The van der Waals surface area contributed by atoms with Crippen LogP contribution in [0.5, 0.6) is 0 Å². The number of ether oxygens (including phenoxy) is 1. The summed E-state index contributed by atoms with van der Waals surface area (Å²) in [5.41, 5.74) is 1.22. The highest BCUT2D eigenvalue weighted by Crippen LogP contribution is 2.22. The van der Waals surface area contributed by atoms with Crippen LogP contribution in [0.15, 0.2) is 35.4 Å². The lowest BCUT2D eigenvalue weighted by Gasteiger charge is -2.27. The minimum atomic E-state index is 0.0000983. The molecule has 1 atom stereocenters. The van der Waals surface area contributed by atoms with Gasteiger partial charge in [-0.25, -0.2) is 0 Å². The Morgan fingerprint density at radius 3 is 2.33 bits per heavy atom. The first-order chi connectivity index (χ1) is 8.39. The van der Waals surface area contributed by atoms with E-state index < -0.39 is 0 Å². The molecule has 0 N–H and O–H groups in total. The molecule has 0 fully saturated rings. The second kappa shape index (κ2) is 6.55. The van der Waals surface area contributed by atoms with Crippen LogP contribution in [0, 0.1) is 5.41 Å². The van der Waals surface area contributed by atoms with Crippen molar-refractivity contribution >= 4 is 6.21 Å². The number of nitrogens with zero attached hydrogens (tertiary/aromatic N) is 2. The molecule has 0 saturated carbocycles. The molecule has 0 aliphatic heterocycles. The van der Waals surface area contributed by atoms with Gasteiger partial charge in [-0.05, 0) is 11.0 Å². The zero-order valence-electron chi connectivity index (χ0n) is 12.1. The zero-order chi connectivity index (χ0) is 13.6. The van der Waals surface area contributed by atoms with Crippen LogP contribution in [0.4, 0.5) is 0 Å². The van der Waals surface area contributed by atoms with Crippen LogP contribution in [-0.4, -0.2) is 31.4 Å². The minimum Gasteiger partial charge on any atom is -0.367 e. The minimum absolute atomic E-state index is 0.0000983. The summed E-state index contributed by atoms with van der Waals surface area (Å²) in [5.74, 6) is 0. The average Bonchev–Trinajstić information content (AvgIpc) is 2.28. The van der Waals surface area contributed by atoms with E-state index in [1.807, 2.05) is 38.5 Å². The highest BCUT2D eigenvalue weighted by Gasteiger charge is 2.23. The van der Waals surface area contributed by atoms with Crippen LogP contribution in [0.2, 0.25) is 0 Å². The predicted molar refractivity (Wildman–Crippen MR) is 76.7 cm³/mol. The fraction of sp³-hybridized carbons (Fsp3) is 0.533. The van der Waals surface area contributed by atoms with Crippen LogP contribution in [0.3, 0.4) is 0 Å². The van der Waals surface area contributed by atoms with Crippen LogP contribution in [0.25, 0.3) is 0 Å². The molecule has 0 amide bonds. The Balaban J connectivity index is 2.63. The van der Waals surface area contributed by atoms with Gasteiger partial charge in [0.1, 0.15) is 0 Å². The van der Waals surface area contributed by atoms with Crippen LogP contribution in [-0.2, 0) is 11.3 Å². The van der Waals surface area contributed by atoms with Crippen molar-refractivity contribution in [1.29, 1.82) is 0 Å². The number of hydrazone groups is 1. The smallest absolute Gasteiger partial charge is 0.0996 e. The van der Waals surface area contributed by atoms with Gasteiger partial charge in [0.2, 0.25) is 0 Å². The maximum absolute atomic E-state index is 5.97. The molecule has 100 valence electrons. The number of hydrogen-bond donors (Lipinski definition) is 0. The summed E-state index contributed by atoms with van der Waals surface area (Å²) in [6.07, 6.45) is 1.88. The molecule has 18 heavy (non-hydrogen) atoms. The van der Waals surface area contributed by atoms with Gasteiger partial charge in [0, 0.05) is 14.1 Å². The van der Waals surface area contributed by atoms with Gasteiger partial charge in [0.15, 0.2) is 0 Å². The molecule has 0 aliphatic carbocycles. The second-order valence-corrected chi connectivity index (χ2v) is 5.69. The second-order valence-electron chi connectivity index (χ2n) is 5.69. The molecule has 0 aliphatic rings. The Hall–Kier alpha value is -1.35. The van der Waals surface area contributed by atoms with Crippen LogP contribution < -0.4 is 0 Å². The lowest BCUT2D eigenvalue weighted by atomic mass is 9.90. The highest BCUT2D eigenvalue weighted by molar-refractivity contribution is 5.63.